The highest BCUT2D eigenvalue weighted by atomic mass is 32.2. The molecule has 4 nitrogen and oxygen atoms in total. The third-order valence-electron chi connectivity index (χ3n) is 2.39. The minimum Gasteiger partial charge on any atom is -0.468 e. The van der Waals surface area contributed by atoms with Gasteiger partial charge in [-0.1, -0.05) is 0 Å². The fraction of sp³-hybridized carbons (Fsp3) is 0.167. The molecule has 6 heteroatoms. The third-order valence-corrected chi connectivity index (χ3v) is 4.55. The number of hydrogen-bond donors (Lipinski definition) is 1. The van der Waals surface area contributed by atoms with E-state index in [0.29, 0.717) is 5.76 Å². The normalized spacial score (nSPS) is 11.6. The van der Waals surface area contributed by atoms with E-state index in [1.165, 1.54) is 6.26 Å². The van der Waals surface area contributed by atoms with E-state index in [1.54, 1.807) is 48.2 Å². The summed E-state index contributed by atoms with van der Waals surface area (Å²) >= 11 is 1.57. The Morgan fingerprint density at radius 3 is 2.50 bits per heavy atom. The SMILES string of the molecule is CSc1ccc(S(=O)(=O)NCc2ccco2)cc1. The molecule has 2 aromatic rings. The minimum absolute atomic E-state index is 0.152. The van der Waals surface area contributed by atoms with Crippen molar-refractivity contribution in [3.05, 3.63) is 48.4 Å². The van der Waals surface area contributed by atoms with Crippen LogP contribution in [-0.4, -0.2) is 14.7 Å². The highest BCUT2D eigenvalue weighted by molar-refractivity contribution is 7.98. The van der Waals surface area contributed by atoms with Crippen molar-refractivity contribution < 1.29 is 12.8 Å². The van der Waals surface area contributed by atoms with Crippen LogP contribution in [0.25, 0.3) is 0 Å². The van der Waals surface area contributed by atoms with Gasteiger partial charge in [-0.05, 0) is 42.7 Å². The van der Waals surface area contributed by atoms with Crippen LogP contribution >= 0.6 is 11.8 Å². The zero-order valence-electron chi connectivity index (χ0n) is 9.79. The zero-order chi connectivity index (χ0) is 13.0. The van der Waals surface area contributed by atoms with Gasteiger partial charge in [0.05, 0.1) is 17.7 Å². The second-order valence-electron chi connectivity index (χ2n) is 3.58. The molecule has 0 radical (unpaired) electrons. The molecule has 1 heterocycles. The van der Waals surface area contributed by atoms with Gasteiger partial charge < -0.3 is 4.42 Å². The van der Waals surface area contributed by atoms with Crippen molar-refractivity contribution in [1.82, 2.24) is 4.72 Å². The van der Waals surface area contributed by atoms with Crippen molar-refractivity contribution in [2.45, 2.75) is 16.3 Å². The molecule has 0 aliphatic rings. The monoisotopic (exact) mass is 283 g/mol. The van der Waals surface area contributed by atoms with Gasteiger partial charge in [-0.25, -0.2) is 13.1 Å². The molecule has 18 heavy (non-hydrogen) atoms. The van der Waals surface area contributed by atoms with Crippen molar-refractivity contribution >= 4 is 21.8 Å². The van der Waals surface area contributed by atoms with Crippen LogP contribution in [0.15, 0.2) is 56.9 Å². The first-order chi connectivity index (χ1) is 8.62. The molecule has 0 fully saturated rings. The van der Waals surface area contributed by atoms with Crippen molar-refractivity contribution in [1.29, 1.82) is 0 Å². The van der Waals surface area contributed by atoms with Gasteiger partial charge in [0.2, 0.25) is 10.0 Å². The van der Waals surface area contributed by atoms with Crippen molar-refractivity contribution in [2.75, 3.05) is 6.26 Å². The standard InChI is InChI=1S/C12H13NO3S2/c1-17-11-4-6-12(7-5-11)18(14,15)13-9-10-3-2-8-16-10/h2-8,13H,9H2,1H3. The van der Waals surface area contributed by atoms with Crippen LogP contribution in [0.4, 0.5) is 0 Å². The van der Waals surface area contributed by atoms with Crippen molar-refractivity contribution in [3.63, 3.8) is 0 Å². The van der Waals surface area contributed by atoms with Gasteiger partial charge in [-0.2, -0.15) is 0 Å². The number of benzene rings is 1. The molecule has 0 spiro atoms. The zero-order valence-corrected chi connectivity index (χ0v) is 11.4. The highest BCUT2D eigenvalue weighted by Crippen LogP contribution is 2.17. The first-order valence-corrected chi connectivity index (χ1v) is 7.99. The average molecular weight is 283 g/mol. The van der Waals surface area contributed by atoms with Gasteiger partial charge in [-0.3, -0.25) is 0 Å². The van der Waals surface area contributed by atoms with Gasteiger partial charge in [0.25, 0.3) is 0 Å². The number of thioether (sulfide) groups is 1. The van der Waals surface area contributed by atoms with Crippen LogP contribution in [0.3, 0.4) is 0 Å². The van der Waals surface area contributed by atoms with Crippen LogP contribution in [0.1, 0.15) is 5.76 Å². The molecule has 96 valence electrons. The van der Waals surface area contributed by atoms with Crippen LogP contribution in [0.2, 0.25) is 0 Å². The lowest BCUT2D eigenvalue weighted by molar-refractivity contribution is 0.498. The summed E-state index contributed by atoms with van der Waals surface area (Å²) in [5.41, 5.74) is 0. The molecule has 0 aliphatic carbocycles. The van der Waals surface area contributed by atoms with E-state index in [4.69, 9.17) is 4.42 Å². The summed E-state index contributed by atoms with van der Waals surface area (Å²) in [6, 6.07) is 10.2. The maximum absolute atomic E-state index is 12.0. The van der Waals surface area contributed by atoms with E-state index >= 15 is 0 Å². The first kappa shape index (κ1) is 13.2. The quantitative estimate of drug-likeness (QED) is 0.856. The number of rotatable bonds is 5. The van der Waals surface area contributed by atoms with Gasteiger partial charge >= 0.3 is 0 Å². The van der Waals surface area contributed by atoms with Crippen LogP contribution < -0.4 is 4.72 Å². The molecule has 1 N–H and O–H groups in total. The Hall–Kier alpha value is -1.24. The maximum atomic E-state index is 12.0. The molecule has 0 atom stereocenters. The fourth-order valence-corrected chi connectivity index (χ4v) is 2.82. The number of nitrogens with one attached hydrogen (secondary N) is 1. The first-order valence-electron chi connectivity index (χ1n) is 5.28. The molecule has 0 aliphatic heterocycles. The summed E-state index contributed by atoms with van der Waals surface area (Å²) < 4.78 is 31.5. The molecule has 0 saturated heterocycles. The van der Waals surface area contributed by atoms with Crippen molar-refractivity contribution in [2.24, 2.45) is 0 Å². The predicted molar refractivity (Wildman–Crippen MR) is 71.0 cm³/mol. The fourth-order valence-electron chi connectivity index (χ4n) is 1.42. The number of sulfonamides is 1. The van der Waals surface area contributed by atoms with E-state index in [-0.39, 0.29) is 11.4 Å². The minimum atomic E-state index is -3.48. The number of hydrogen-bond acceptors (Lipinski definition) is 4. The lowest BCUT2D eigenvalue weighted by Gasteiger charge is -2.05. The van der Waals surface area contributed by atoms with E-state index in [2.05, 4.69) is 4.72 Å². The molecule has 0 bridgehead atoms. The summed E-state index contributed by atoms with van der Waals surface area (Å²) in [6.45, 7) is 0.152. The molecular weight excluding hydrogens is 270 g/mol. The largest absolute Gasteiger partial charge is 0.468 e. The Balaban J connectivity index is 2.09. The predicted octanol–water partition coefficient (Wildman–Crippen LogP) is 2.48. The average Bonchev–Trinajstić information content (AvgIpc) is 2.90. The third kappa shape index (κ3) is 3.16. The summed E-state index contributed by atoms with van der Waals surface area (Å²) in [7, 11) is -3.48. The second kappa shape index (κ2) is 5.60. The Bertz CT molecular complexity index is 589. The summed E-state index contributed by atoms with van der Waals surface area (Å²) in [5.74, 6) is 0.583. The number of furan rings is 1. The molecular formula is C12H13NO3S2. The Kier molecular flexibility index (Phi) is 4.11. The van der Waals surface area contributed by atoms with Gasteiger partial charge in [-0.15, -0.1) is 11.8 Å². The van der Waals surface area contributed by atoms with E-state index < -0.39 is 10.0 Å². The van der Waals surface area contributed by atoms with Gasteiger partial charge in [0, 0.05) is 4.90 Å². The summed E-state index contributed by atoms with van der Waals surface area (Å²) in [4.78, 5) is 1.28. The smallest absolute Gasteiger partial charge is 0.240 e. The van der Waals surface area contributed by atoms with E-state index in [9.17, 15) is 8.42 Å². The van der Waals surface area contributed by atoms with E-state index in [1.807, 2.05) is 6.26 Å². The lowest BCUT2D eigenvalue weighted by atomic mass is 10.4. The van der Waals surface area contributed by atoms with E-state index in [0.717, 1.165) is 4.90 Å². The molecule has 1 aromatic heterocycles. The summed E-state index contributed by atoms with van der Waals surface area (Å²) in [5, 5.41) is 0. The summed E-state index contributed by atoms with van der Waals surface area (Å²) in [6.07, 6.45) is 3.45. The lowest BCUT2D eigenvalue weighted by Crippen LogP contribution is -2.22. The Labute approximate surface area is 110 Å². The van der Waals surface area contributed by atoms with Gasteiger partial charge in [0.1, 0.15) is 5.76 Å². The van der Waals surface area contributed by atoms with Gasteiger partial charge in [0.15, 0.2) is 0 Å². The van der Waals surface area contributed by atoms with Crippen LogP contribution in [0, 0.1) is 0 Å². The second-order valence-corrected chi connectivity index (χ2v) is 6.23. The highest BCUT2D eigenvalue weighted by Gasteiger charge is 2.13. The topological polar surface area (TPSA) is 59.3 Å². The van der Waals surface area contributed by atoms with Crippen LogP contribution in [-0.2, 0) is 16.6 Å². The molecule has 2 rings (SSSR count). The Morgan fingerprint density at radius 2 is 1.94 bits per heavy atom. The molecule has 1 aromatic carbocycles. The molecule has 0 saturated carbocycles. The Morgan fingerprint density at radius 1 is 1.22 bits per heavy atom. The maximum Gasteiger partial charge on any atom is 0.240 e. The van der Waals surface area contributed by atoms with Crippen molar-refractivity contribution in [3.8, 4) is 0 Å². The molecule has 0 amide bonds. The molecule has 0 unspecified atom stereocenters. The van der Waals surface area contributed by atoms with Crippen LogP contribution in [0.5, 0.6) is 0 Å².